The topological polar surface area (TPSA) is 128 Å². The summed E-state index contributed by atoms with van der Waals surface area (Å²) in [7, 11) is 0. The van der Waals surface area contributed by atoms with E-state index in [1.807, 2.05) is 23.1 Å². The molecule has 0 amide bonds. The number of piperazine rings is 1. The highest BCUT2D eigenvalue weighted by atomic mass is 16.6. The summed E-state index contributed by atoms with van der Waals surface area (Å²) in [6.45, 7) is 3.70. The molecule has 11 heteroatoms. The Balaban J connectivity index is 1.44. The molecule has 0 saturated carbocycles. The van der Waals surface area contributed by atoms with E-state index in [2.05, 4.69) is 19.9 Å². The van der Waals surface area contributed by atoms with Crippen molar-refractivity contribution in [1.82, 2.24) is 15.0 Å². The van der Waals surface area contributed by atoms with Gasteiger partial charge in [-0.3, -0.25) is 14.9 Å². The van der Waals surface area contributed by atoms with Crippen molar-refractivity contribution in [1.29, 1.82) is 0 Å². The Hall–Kier alpha value is -4.54. The molecular weight excluding hydrogens is 440 g/mol. The molecule has 1 fully saturated rings. The van der Waals surface area contributed by atoms with Crippen molar-refractivity contribution in [3.8, 4) is 11.6 Å². The number of aromatic nitrogens is 3. The second-order valence-electron chi connectivity index (χ2n) is 7.71. The molecule has 0 atom stereocenters. The molecular formula is C23H20N6O5. The lowest BCUT2D eigenvalue weighted by Gasteiger charge is -2.35. The quantitative estimate of drug-likeness (QED) is 0.238. The predicted octanol–water partition coefficient (Wildman–Crippen LogP) is 3.85. The molecule has 0 aliphatic carbocycles. The van der Waals surface area contributed by atoms with Crippen LogP contribution in [0.4, 0.5) is 17.3 Å². The number of fused-ring (bicyclic) bond motifs is 1. The summed E-state index contributed by atoms with van der Waals surface area (Å²) in [5.41, 5.74) is -0.0183. The number of rotatable bonds is 6. The van der Waals surface area contributed by atoms with Crippen molar-refractivity contribution in [2.45, 2.75) is 6.92 Å². The number of hydrogen-bond acceptors (Lipinski definition) is 10. The molecule has 5 rings (SSSR count). The van der Waals surface area contributed by atoms with Crippen LogP contribution in [0.1, 0.15) is 17.5 Å². The van der Waals surface area contributed by atoms with E-state index in [9.17, 15) is 14.9 Å². The van der Waals surface area contributed by atoms with Crippen molar-refractivity contribution < 1.29 is 18.9 Å². The third-order valence-electron chi connectivity index (χ3n) is 5.57. The van der Waals surface area contributed by atoms with E-state index in [0.717, 1.165) is 5.82 Å². The van der Waals surface area contributed by atoms with Gasteiger partial charge in [-0.15, -0.1) is 0 Å². The van der Waals surface area contributed by atoms with Crippen LogP contribution < -0.4 is 14.5 Å². The van der Waals surface area contributed by atoms with Crippen LogP contribution in [0.5, 0.6) is 11.6 Å². The Labute approximate surface area is 193 Å². The standard InChI is InChI=1S/C23H20N6O5/c1-15(30)18-13-16-5-4-6-17(21(16)33-18)34-23-20(29(31)32)22(25-14-26-23)28-11-9-27(10-12-28)19-7-2-3-8-24-19/h2-8,13-14H,9-12H2,1H3. The summed E-state index contributed by atoms with van der Waals surface area (Å²) in [4.78, 5) is 39.8. The second-order valence-corrected chi connectivity index (χ2v) is 7.71. The number of para-hydroxylation sites is 1. The van der Waals surface area contributed by atoms with E-state index in [1.165, 1.54) is 13.3 Å². The number of nitro groups is 1. The number of benzene rings is 1. The van der Waals surface area contributed by atoms with Crippen LogP contribution in [0.25, 0.3) is 11.0 Å². The Kier molecular flexibility index (Phi) is 5.50. The minimum atomic E-state index is -0.543. The van der Waals surface area contributed by atoms with Crippen molar-refractivity contribution in [2.75, 3.05) is 36.0 Å². The average Bonchev–Trinajstić information content (AvgIpc) is 3.30. The summed E-state index contributed by atoms with van der Waals surface area (Å²) >= 11 is 0. The molecule has 11 nitrogen and oxygen atoms in total. The van der Waals surface area contributed by atoms with Gasteiger partial charge < -0.3 is 19.0 Å². The number of hydrogen-bond donors (Lipinski definition) is 0. The van der Waals surface area contributed by atoms with E-state index >= 15 is 0 Å². The maximum Gasteiger partial charge on any atom is 0.373 e. The van der Waals surface area contributed by atoms with E-state index in [0.29, 0.717) is 37.1 Å². The zero-order chi connectivity index (χ0) is 23.7. The lowest BCUT2D eigenvalue weighted by atomic mass is 10.2. The van der Waals surface area contributed by atoms with E-state index in [-0.39, 0.29) is 34.7 Å². The molecule has 0 spiro atoms. The van der Waals surface area contributed by atoms with Gasteiger partial charge in [0.15, 0.2) is 22.9 Å². The highest BCUT2D eigenvalue weighted by molar-refractivity contribution is 5.97. The average molecular weight is 460 g/mol. The molecule has 0 radical (unpaired) electrons. The summed E-state index contributed by atoms with van der Waals surface area (Å²) in [6, 6.07) is 12.4. The summed E-state index contributed by atoms with van der Waals surface area (Å²) < 4.78 is 11.5. The fourth-order valence-electron chi connectivity index (χ4n) is 3.90. The third kappa shape index (κ3) is 3.98. The van der Waals surface area contributed by atoms with Crippen LogP contribution in [0.2, 0.25) is 0 Å². The van der Waals surface area contributed by atoms with Gasteiger partial charge in [-0.05, 0) is 24.3 Å². The van der Waals surface area contributed by atoms with Crippen LogP contribution in [-0.2, 0) is 0 Å². The highest BCUT2D eigenvalue weighted by Crippen LogP contribution is 2.39. The maximum absolute atomic E-state index is 12.0. The van der Waals surface area contributed by atoms with Crippen LogP contribution in [0.15, 0.2) is 59.4 Å². The monoisotopic (exact) mass is 460 g/mol. The highest BCUT2D eigenvalue weighted by Gasteiger charge is 2.31. The van der Waals surface area contributed by atoms with Crippen molar-refractivity contribution in [3.05, 3.63) is 70.9 Å². The molecule has 1 aromatic carbocycles. The van der Waals surface area contributed by atoms with E-state index in [4.69, 9.17) is 9.15 Å². The summed E-state index contributed by atoms with van der Waals surface area (Å²) in [6.07, 6.45) is 2.98. The molecule has 1 aliphatic heterocycles. The molecule has 172 valence electrons. The zero-order valence-electron chi connectivity index (χ0n) is 18.2. The second kappa shape index (κ2) is 8.77. The first-order chi connectivity index (χ1) is 16.5. The number of ketones is 1. The summed E-state index contributed by atoms with van der Waals surface area (Å²) in [5, 5.41) is 12.7. The lowest BCUT2D eigenvalue weighted by Crippen LogP contribution is -2.47. The zero-order valence-corrected chi connectivity index (χ0v) is 18.2. The minimum Gasteiger partial charge on any atom is -0.449 e. The Bertz CT molecular complexity index is 1370. The number of carbonyl (C=O) groups excluding carboxylic acids is 1. The number of pyridine rings is 1. The van der Waals surface area contributed by atoms with Gasteiger partial charge in [0.25, 0.3) is 0 Å². The van der Waals surface area contributed by atoms with Crippen LogP contribution in [0, 0.1) is 10.1 Å². The minimum absolute atomic E-state index is 0.176. The van der Waals surface area contributed by atoms with Crippen molar-refractivity contribution in [3.63, 3.8) is 0 Å². The molecule has 3 aromatic heterocycles. The van der Waals surface area contributed by atoms with Crippen LogP contribution in [-0.4, -0.2) is 51.8 Å². The molecule has 0 N–H and O–H groups in total. The van der Waals surface area contributed by atoms with Gasteiger partial charge in [-0.1, -0.05) is 18.2 Å². The van der Waals surface area contributed by atoms with Gasteiger partial charge in [0.2, 0.25) is 5.82 Å². The van der Waals surface area contributed by atoms with Gasteiger partial charge in [0.05, 0.1) is 4.92 Å². The Morgan fingerprint density at radius 2 is 1.85 bits per heavy atom. The van der Waals surface area contributed by atoms with Crippen molar-refractivity contribution in [2.24, 2.45) is 0 Å². The van der Waals surface area contributed by atoms with Crippen LogP contribution in [0.3, 0.4) is 0 Å². The van der Waals surface area contributed by atoms with E-state index in [1.54, 1.807) is 30.5 Å². The number of furan rings is 1. The molecule has 34 heavy (non-hydrogen) atoms. The largest absolute Gasteiger partial charge is 0.449 e. The van der Waals surface area contributed by atoms with Gasteiger partial charge in [0, 0.05) is 44.7 Å². The van der Waals surface area contributed by atoms with Gasteiger partial charge >= 0.3 is 11.6 Å². The number of ether oxygens (including phenoxy) is 1. The van der Waals surface area contributed by atoms with Crippen molar-refractivity contribution >= 4 is 34.1 Å². The predicted molar refractivity (Wildman–Crippen MR) is 124 cm³/mol. The Morgan fingerprint density at radius 3 is 2.56 bits per heavy atom. The number of nitrogens with zero attached hydrogens (tertiary/aromatic N) is 6. The maximum atomic E-state index is 12.0. The number of anilines is 2. The van der Waals surface area contributed by atoms with E-state index < -0.39 is 4.92 Å². The number of carbonyl (C=O) groups is 1. The van der Waals surface area contributed by atoms with Crippen LogP contribution >= 0.6 is 0 Å². The molecule has 0 bridgehead atoms. The smallest absolute Gasteiger partial charge is 0.373 e. The number of Topliss-reactive ketones (excluding diaryl/α,β-unsaturated/α-hetero) is 1. The molecule has 4 aromatic rings. The Morgan fingerprint density at radius 1 is 1.06 bits per heavy atom. The molecule has 1 saturated heterocycles. The molecule has 0 unspecified atom stereocenters. The third-order valence-corrected chi connectivity index (χ3v) is 5.57. The molecule has 4 heterocycles. The van der Waals surface area contributed by atoms with Gasteiger partial charge in [-0.2, -0.15) is 4.98 Å². The summed E-state index contributed by atoms with van der Waals surface area (Å²) in [5.74, 6) is 1.01. The fourth-order valence-corrected chi connectivity index (χ4v) is 3.90. The normalized spacial score (nSPS) is 13.8. The first-order valence-electron chi connectivity index (χ1n) is 10.6. The molecule has 1 aliphatic rings. The van der Waals surface area contributed by atoms with Gasteiger partial charge in [-0.25, -0.2) is 9.97 Å². The van der Waals surface area contributed by atoms with Gasteiger partial charge in [0.1, 0.15) is 12.1 Å². The SMILES string of the molecule is CC(=O)c1cc2cccc(Oc3ncnc(N4CCN(c5ccccn5)CC4)c3[N+](=O)[O-])c2o1. The fraction of sp³-hybridized carbons (Fsp3) is 0.217. The lowest BCUT2D eigenvalue weighted by molar-refractivity contribution is -0.385. The first-order valence-corrected chi connectivity index (χ1v) is 10.6. The first kappa shape index (κ1) is 21.3.